The maximum Gasteiger partial charge on any atom is 0.342 e. The standard InChI is InChI=1S/C2H6BF/c1-3(2)4/h1-2H3. The molecule has 0 aliphatic heterocycles. The van der Waals surface area contributed by atoms with Crippen LogP contribution in [0.15, 0.2) is 0 Å². The molecule has 0 aromatic carbocycles. The fraction of sp³-hybridized carbons (Fsp3) is 1.00. The van der Waals surface area contributed by atoms with Crippen LogP contribution in [0, 0.1) is 0 Å². The lowest BCUT2D eigenvalue weighted by molar-refractivity contribution is 0.847. The summed E-state index contributed by atoms with van der Waals surface area (Å²) in [5, 5.41) is 0. The predicted molar refractivity (Wildman–Crippen MR) is 18.6 cm³/mol. The predicted octanol–water partition coefficient (Wildman–Crippen LogP) is 1.21. The van der Waals surface area contributed by atoms with Gasteiger partial charge in [0.1, 0.15) is 0 Å². The normalized spacial score (nSPS) is 6.75. The maximum atomic E-state index is 11.0. The van der Waals surface area contributed by atoms with Gasteiger partial charge in [-0.25, -0.2) is 0 Å². The molecule has 0 radical (unpaired) electrons. The van der Waals surface area contributed by atoms with Crippen LogP contribution in [0.2, 0.25) is 13.6 Å². The fourth-order valence-corrected chi connectivity index (χ4v) is 0. The van der Waals surface area contributed by atoms with E-state index in [4.69, 9.17) is 0 Å². The van der Waals surface area contributed by atoms with E-state index in [1.54, 1.807) is 0 Å². The summed E-state index contributed by atoms with van der Waals surface area (Å²) in [4.78, 5) is 0. The molecule has 0 saturated heterocycles. The lowest BCUT2D eigenvalue weighted by Gasteiger charge is -1.66. The van der Waals surface area contributed by atoms with Crippen molar-refractivity contribution in [3.63, 3.8) is 0 Å². The summed E-state index contributed by atoms with van der Waals surface area (Å²) < 4.78 is 11.0. The topological polar surface area (TPSA) is 0 Å². The van der Waals surface area contributed by atoms with Gasteiger partial charge in [-0.05, 0) is 0 Å². The van der Waals surface area contributed by atoms with E-state index in [1.165, 1.54) is 13.6 Å². The minimum Gasteiger partial charge on any atom is -0.337 e. The van der Waals surface area contributed by atoms with Crippen LogP contribution in [-0.4, -0.2) is 6.99 Å². The van der Waals surface area contributed by atoms with Gasteiger partial charge >= 0.3 is 6.99 Å². The van der Waals surface area contributed by atoms with Gasteiger partial charge in [0.25, 0.3) is 0 Å². The Morgan fingerprint density at radius 3 is 1.50 bits per heavy atom. The van der Waals surface area contributed by atoms with Gasteiger partial charge in [0.15, 0.2) is 0 Å². The van der Waals surface area contributed by atoms with E-state index in [2.05, 4.69) is 0 Å². The molecule has 0 saturated carbocycles. The molecule has 0 fully saturated rings. The Balaban J connectivity index is 2.32. The molecule has 0 nitrogen and oxygen atoms in total. The first-order chi connectivity index (χ1) is 1.73. The van der Waals surface area contributed by atoms with Gasteiger partial charge in [-0.15, -0.1) is 0 Å². The molecule has 0 heterocycles. The van der Waals surface area contributed by atoms with Crippen LogP contribution < -0.4 is 0 Å². The van der Waals surface area contributed by atoms with Crippen LogP contribution in [0.5, 0.6) is 0 Å². The molecule has 0 aromatic heterocycles. The summed E-state index contributed by atoms with van der Waals surface area (Å²) in [5.74, 6) is 0. The summed E-state index contributed by atoms with van der Waals surface area (Å²) in [6.45, 7) is 2.33. The van der Waals surface area contributed by atoms with Crippen molar-refractivity contribution in [3.05, 3.63) is 0 Å². The third kappa shape index (κ3) is 77000. The van der Waals surface area contributed by atoms with Crippen LogP contribution >= 0.6 is 0 Å². The van der Waals surface area contributed by atoms with Gasteiger partial charge in [-0.2, -0.15) is 0 Å². The van der Waals surface area contributed by atoms with E-state index in [9.17, 15) is 4.32 Å². The first-order valence-electron chi connectivity index (χ1n) is 1.37. The number of rotatable bonds is 0. The van der Waals surface area contributed by atoms with Crippen molar-refractivity contribution in [2.24, 2.45) is 0 Å². The second kappa shape index (κ2) is 1.33. The zero-order valence-electron chi connectivity index (χ0n) is 2.96. The van der Waals surface area contributed by atoms with Crippen molar-refractivity contribution in [1.82, 2.24) is 0 Å². The van der Waals surface area contributed by atoms with Crippen molar-refractivity contribution in [2.45, 2.75) is 13.6 Å². The van der Waals surface area contributed by atoms with Gasteiger partial charge in [0.2, 0.25) is 0 Å². The molecule has 0 amide bonds. The summed E-state index contributed by atoms with van der Waals surface area (Å²) in [5.41, 5.74) is 0. The van der Waals surface area contributed by atoms with E-state index in [-0.39, 0.29) is 0 Å². The van der Waals surface area contributed by atoms with Crippen LogP contribution in [0.25, 0.3) is 0 Å². The molecule has 0 aliphatic rings. The first kappa shape index (κ1) is 3.99. The molecule has 4 heavy (non-hydrogen) atoms. The molecule has 2 heteroatoms. The zero-order chi connectivity index (χ0) is 3.58. The van der Waals surface area contributed by atoms with Crippen LogP contribution in [0.4, 0.5) is 4.32 Å². The Morgan fingerprint density at radius 2 is 1.50 bits per heavy atom. The Labute approximate surface area is 26.1 Å². The molecule has 0 rings (SSSR count). The zero-order valence-corrected chi connectivity index (χ0v) is 2.96. The molecule has 0 N–H and O–H groups in total. The first-order valence-corrected chi connectivity index (χ1v) is 1.37. The molecule has 24 valence electrons. The Hall–Kier alpha value is -0.00506. The molecule has 0 atom stereocenters. The van der Waals surface area contributed by atoms with Gasteiger partial charge in [-0.1, -0.05) is 13.6 Å². The molecule has 0 unspecified atom stereocenters. The van der Waals surface area contributed by atoms with Gasteiger partial charge < -0.3 is 4.32 Å². The van der Waals surface area contributed by atoms with Crippen molar-refractivity contribution in [2.75, 3.05) is 0 Å². The summed E-state index contributed by atoms with van der Waals surface area (Å²) >= 11 is 0. The summed E-state index contributed by atoms with van der Waals surface area (Å²) in [6, 6.07) is 0. The lowest BCUT2D eigenvalue weighted by Crippen LogP contribution is -1.81. The van der Waals surface area contributed by atoms with Crippen molar-refractivity contribution in [3.8, 4) is 0 Å². The quantitative estimate of drug-likeness (QED) is 0.368. The monoisotopic (exact) mass is 60.1 g/mol. The molecular formula is C2H6BF. The average molecular weight is 59.9 g/mol. The SMILES string of the molecule is CB(C)F. The Morgan fingerprint density at radius 1 is 1.50 bits per heavy atom. The second-order valence-corrected chi connectivity index (χ2v) is 1.01. The van der Waals surface area contributed by atoms with Crippen LogP contribution in [0.1, 0.15) is 0 Å². The minimum atomic E-state index is -0.667. The van der Waals surface area contributed by atoms with Crippen molar-refractivity contribution in [1.29, 1.82) is 0 Å². The largest absolute Gasteiger partial charge is 0.342 e. The summed E-state index contributed by atoms with van der Waals surface area (Å²) in [6.07, 6.45) is 0. The average Bonchev–Trinajstić information content (AvgIpc) is 0.811. The Kier molecular flexibility index (Phi) is 1.33. The highest BCUT2D eigenvalue weighted by atomic mass is 19.1. The van der Waals surface area contributed by atoms with Gasteiger partial charge in [0.05, 0.1) is 0 Å². The molecule has 0 bridgehead atoms. The fourth-order valence-electron chi connectivity index (χ4n) is 0. The highest BCUT2D eigenvalue weighted by molar-refractivity contribution is 6.47. The van der Waals surface area contributed by atoms with Crippen molar-refractivity contribution < 1.29 is 4.32 Å². The number of hydrogen-bond donors (Lipinski definition) is 0. The van der Waals surface area contributed by atoms with Gasteiger partial charge in [0, 0.05) is 0 Å². The van der Waals surface area contributed by atoms with Crippen LogP contribution in [-0.2, 0) is 0 Å². The highest BCUT2D eigenvalue weighted by Gasteiger charge is 1.85. The van der Waals surface area contributed by atoms with Gasteiger partial charge in [-0.3, -0.25) is 0 Å². The highest BCUT2D eigenvalue weighted by Crippen LogP contribution is 1.72. The van der Waals surface area contributed by atoms with E-state index in [0.717, 1.165) is 0 Å². The smallest absolute Gasteiger partial charge is 0.337 e. The van der Waals surface area contributed by atoms with E-state index < -0.39 is 6.99 Å². The molecule has 0 spiro atoms. The number of hydrogen-bond acceptors (Lipinski definition) is 0. The number of halogens is 1. The molecular weight excluding hydrogens is 53.8 g/mol. The second-order valence-electron chi connectivity index (χ2n) is 1.01. The van der Waals surface area contributed by atoms with E-state index >= 15 is 0 Å². The van der Waals surface area contributed by atoms with Crippen molar-refractivity contribution >= 4 is 6.99 Å². The minimum absolute atomic E-state index is 0.667. The third-order valence-corrected chi connectivity index (χ3v) is 0. The maximum absolute atomic E-state index is 11.0. The van der Waals surface area contributed by atoms with Crippen LogP contribution in [0.3, 0.4) is 0 Å². The van der Waals surface area contributed by atoms with E-state index in [0.29, 0.717) is 0 Å². The Bertz CT molecular complexity index is 10.8. The summed E-state index contributed by atoms with van der Waals surface area (Å²) in [7, 11) is 0. The molecule has 0 aliphatic carbocycles. The third-order valence-electron chi connectivity index (χ3n) is 0. The van der Waals surface area contributed by atoms with E-state index in [1.807, 2.05) is 0 Å². The molecule has 0 aromatic rings. The lowest BCUT2D eigenvalue weighted by atomic mass is 9.80.